The van der Waals surface area contributed by atoms with Crippen LogP contribution >= 0.6 is 33.9 Å². The summed E-state index contributed by atoms with van der Waals surface area (Å²) in [6, 6.07) is 9.72. The molecule has 0 aliphatic carbocycles. The highest BCUT2D eigenvalue weighted by Gasteiger charge is 2.27. The fourth-order valence-electron chi connectivity index (χ4n) is 1.56. The molecular weight excluding hydrogens is 413 g/mol. The van der Waals surface area contributed by atoms with E-state index in [0.717, 1.165) is 19.2 Å². The van der Waals surface area contributed by atoms with Crippen molar-refractivity contribution in [3.8, 4) is 0 Å². The van der Waals surface area contributed by atoms with Crippen LogP contribution in [0.15, 0.2) is 46.0 Å². The molecule has 0 aliphatic rings. The van der Waals surface area contributed by atoms with E-state index in [4.69, 9.17) is 5.11 Å². The number of hydrogen-bond donors (Lipinski definition) is 1. The first-order valence-electron chi connectivity index (χ1n) is 5.45. The largest absolute Gasteiger partial charge is 0.480 e. The van der Waals surface area contributed by atoms with Crippen LogP contribution < -0.4 is 4.31 Å². The van der Waals surface area contributed by atoms with Crippen molar-refractivity contribution in [2.24, 2.45) is 0 Å². The summed E-state index contributed by atoms with van der Waals surface area (Å²) in [6.07, 6.45) is 0. The molecule has 0 bridgehead atoms. The van der Waals surface area contributed by atoms with Crippen molar-refractivity contribution in [1.29, 1.82) is 0 Å². The third-order valence-corrected chi connectivity index (χ3v) is 6.30. The van der Waals surface area contributed by atoms with Gasteiger partial charge in [-0.3, -0.25) is 9.10 Å². The molecule has 0 unspecified atom stereocenters. The van der Waals surface area contributed by atoms with Gasteiger partial charge in [-0.1, -0.05) is 6.07 Å². The maximum Gasteiger partial charge on any atom is 0.324 e. The van der Waals surface area contributed by atoms with Crippen LogP contribution in [0.3, 0.4) is 0 Å². The molecule has 2 aromatic rings. The van der Waals surface area contributed by atoms with E-state index in [1.807, 2.05) is 0 Å². The molecule has 0 saturated heterocycles. The highest BCUT2D eigenvalue weighted by atomic mass is 127. The van der Waals surface area contributed by atoms with Crippen LogP contribution in [-0.4, -0.2) is 26.0 Å². The van der Waals surface area contributed by atoms with Gasteiger partial charge < -0.3 is 5.11 Å². The van der Waals surface area contributed by atoms with Crippen molar-refractivity contribution < 1.29 is 18.3 Å². The van der Waals surface area contributed by atoms with Gasteiger partial charge in [-0.2, -0.15) is 0 Å². The number of aliphatic carboxylic acids is 1. The molecule has 0 spiro atoms. The van der Waals surface area contributed by atoms with Gasteiger partial charge in [0, 0.05) is 3.57 Å². The Hall–Kier alpha value is -1.13. The molecule has 0 saturated carbocycles. The summed E-state index contributed by atoms with van der Waals surface area (Å²) < 4.78 is 26.9. The Morgan fingerprint density at radius 1 is 1.25 bits per heavy atom. The van der Waals surface area contributed by atoms with Gasteiger partial charge in [0.15, 0.2) is 0 Å². The molecule has 20 heavy (non-hydrogen) atoms. The molecule has 106 valence electrons. The smallest absolute Gasteiger partial charge is 0.324 e. The van der Waals surface area contributed by atoms with Gasteiger partial charge in [-0.05, 0) is 58.3 Å². The molecule has 8 heteroatoms. The number of benzene rings is 1. The van der Waals surface area contributed by atoms with E-state index in [1.165, 1.54) is 6.07 Å². The number of thiophene rings is 1. The number of anilines is 1. The van der Waals surface area contributed by atoms with E-state index >= 15 is 0 Å². The molecule has 0 atom stereocenters. The lowest BCUT2D eigenvalue weighted by molar-refractivity contribution is -0.135. The SMILES string of the molecule is O=C(O)CN(c1ccc(I)cc1)S(=O)(=O)c1cccs1. The van der Waals surface area contributed by atoms with Crippen LogP contribution in [-0.2, 0) is 14.8 Å². The van der Waals surface area contributed by atoms with E-state index in [1.54, 1.807) is 35.7 Å². The number of carbonyl (C=O) groups is 1. The average molecular weight is 423 g/mol. The van der Waals surface area contributed by atoms with Crippen molar-refractivity contribution in [3.63, 3.8) is 0 Å². The van der Waals surface area contributed by atoms with Crippen molar-refractivity contribution in [1.82, 2.24) is 0 Å². The summed E-state index contributed by atoms with van der Waals surface area (Å²) in [7, 11) is -3.85. The van der Waals surface area contributed by atoms with Gasteiger partial charge in [0.05, 0.1) is 5.69 Å². The van der Waals surface area contributed by atoms with E-state index < -0.39 is 22.5 Å². The maximum absolute atomic E-state index is 12.5. The first-order chi connectivity index (χ1) is 9.41. The summed E-state index contributed by atoms with van der Waals surface area (Å²) in [5, 5.41) is 10.6. The molecule has 0 aliphatic heterocycles. The number of nitrogens with zero attached hydrogens (tertiary/aromatic N) is 1. The fourth-order valence-corrected chi connectivity index (χ4v) is 4.44. The van der Waals surface area contributed by atoms with Crippen LogP contribution in [0.2, 0.25) is 0 Å². The summed E-state index contributed by atoms with van der Waals surface area (Å²) in [5.41, 5.74) is 0.334. The second kappa shape index (κ2) is 6.10. The lowest BCUT2D eigenvalue weighted by Gasteiger charge is -2.21. The number of carboxylic acid groups (broad SMARTS) is 1. The average Bonchev–Trinajstić information content (AvgIpc) is 2.91. The normalized spacial score (nSPS) is 11.2. The quantitative estimate of drug-likeness (QED) is 0.751. The number of carboxylic acids is 1. The van der Waals surface area contributed by atoms with E-state index in [2.05, 4.69) is 22.6 Å². The minimum Gasteiger partial charge on any atom is -0.480 e. The second-order valence-electron chi connectivity index (χ2n) is 3.81. The zero-order valence-electron chi connectivity index (χ0n) is 10.1. The predicted molar refractivity (Wildman–Crippen MR) is 85.6 cm³/mol. The van der Waals surface area contributed by atoms with Crippen LogP contribution in [0, 0.1) is 3.57 Å². The summed E-state index contributed by atoms with van der Waals surface area (Å²) in [6.45, 7) is -0.610. The van der Waals surface area contributed by atoms with Gasteiger partial charge in [-0.15, -0.1) is 11.3 Å². The number of hydrogen-bond acceptors (Lipinski definition) is 4. The zero-order valence-corrected chi connectivity index (χ0v) is 13.9. The van der Waals surface area contributed by atoms with Crippen molar-refractivity contribution in [3.05, 3.63) is 45.3 Å². The fraction of sp³-hybridized carbons (Fsp3) is 0.0833. The Bertz CT molecular complexity index is 696. The van der Waals surface area contributed by atoms with Gasteiger partial charge in [0.25, 0.3) is 10.0 Å². The topological polar surface area (TPSA) is 74.7 Å². The maximum atomic E-state index is 12.5. The molecule has 0 fully saturated rings. The molecule has 0 radical (unpaired) electrons. The van der Waals surface area contributed by atoms with Gasteiger partial charge in [0.2, 0.25) is 0 Å². The molecule has 1 N–H and O–H groups in total. The van der Waals surface area contributed by atoms with Crippen molar-refractivity contribution in [2.45, 2.75) is 4.21 Å². The molecule has 1 heterocycles. The summed E-state index contributed by atoms with van der Waals surface area (Å²) >= 11 is 3.15. The Morgan fingerprint density at radius 2 is 1.90 bits per heavy atom. The minimum absolute atomic E-state index is 0.123. The summed E-state index contributed by atoms with van der Waals surface area (Å²) in [4.78, 5) is 11.0. The third kappa shape index (κ3) is 3.30. The second-order valence-corrected chi connectivity index (χ2v) is 8.10. The Labute approximate surface area is 134 Å². The highest BCUT2D eigenvalue weighted by molar-refractivity contribution is 14.1. The van der Waals surface area contributed by atoms with Crippen LogP contribution in [0.1, 0.15) is 0 Å². The van der Waals surface area contributed by atoms with Crippen LogP contribution in [0.5, 0.6) is 0 Å². The Morgan fingerprint density at radius 3 is 2.40 bits per heavy atom. The van der Waals surface area contributed by atoms with Gasteiger partial charge in [-0.25, -0.2) is 8.42 Å². The van der Waals surface area contributed by atoms with E-state index in [0.29, 0.717) is 5.69 Å². The first-order valence-corrected chi connectivity index (χ1v) is 8.85. The summed E-state index contributed by atoms with van der Waals surface area (Å²) in [5.74, 6) is -1.20. The van der Waals surface area contributed by atoms with Gasteiger partial charge >= 0.3 is 5.97 Å². The number of rotatable bonds is 5. The van der Waals surface area contributed by atoms with Crippen LogP contribution in [0.4, 0.5) is 5.69 Å². The van der Waals surface area contributed by atoms with E-state index in [9.17, 15) is 13.2 Å². The number of halogens is 1. The first kappa shape index (κ1) is 15.3. The molecule has 5 nitrogen and oxygen atoms in total. The standard InChI is InChI=1S/C12H10INO4S2/c13-9-3-5-10(6-4-9)14(8-11(15)16)20(17,18)12-2-1-7-19-12/h1-7H,8H2,(H,15,16). The van der Waals surface area contributed by atoms with E-state index in [-0.39, 0.29) is 4.21 Å². The number of sulfonamides is 1. The molecule has 1 aromatic carbocycles. The van der Waals surface area contributed by atoms with Crippen molar-refractivity contribution in [2.75, 3.05) is 10.8 Å². The van der Waals surface area contributed by atoms with Crippen molar-refractivity contribution >= 4 is 55.6 Å². The lowest BCUT2D eigenvalue weighted by atomic mass is 10.3. The molecular formula is C12H10INO4S2. The lowest BCUT2D eigenvalue weighted by Crippen LogP contribution is -2.35. The monoisotopic (exact) mass is 423 g/mol. The van der Waals surface area contributed by atoms with Crippen LogP contribution in [0.25, 0.3) is 0 Å². The zero-order chi connectivity index (χ0) is 14.8. The Kier molecular flexibility index (Phi) is 4.66. The Balaban J connectivity index is 2.48. The molecule has 1 aromatic heterocycles. The van der Waals surface area contributed by atoms with Gasteiger partial charge in [0.1, 0.15) is 10.8 Å². The third-order valence-electron chi connectivity index (χ3n) is 2.43. The predicted octanol–water partition coefficient (Wildman–Crippen LogP) is 2.63. The highest BCUT2D eigenvalue weighted by Crippen LogP contribution is 2.26. The molecule has 2 rings (SSSR count). The minimum atomic E-state index is -3.85. The molecule has 0 amide bonds.